The van der Waals surface area contributed by atoms with E-state index in [-0.39, 0.29) is 12.1 Å². The van der Waals surface area contributed by atoms with E-state index in [1.54, 1.807) is 0 Å². The number of esters is 1. The van der Waals surface area contributed by atoms with Crippen LogP contribution in [-0.2, 0) is 22.4 Å². The molecule has 0 aromatic heterocycles. The van der Waals surface area contributed by atoms with Crippen LogP contribution in [0.4, 0.5) is 8.78 Å². The lowest BCUT2D eigenvalue weighted by Crippen LogP contribution is -2.21. The van der Waals surface area contributed by atoms with Gasteiger partial charge in [0.1, 0.15) is 6.10 Å². The number of allylic oxidation sites excluding steroid dienone is 1. The van der Waals surface area contributed by atoms with Crippen molar-refractivity contribution in [2.45, 2.75) is 32.8 Å². The standard InChI is InChI=1S/C23H22F2O2/c1-23(2)19(13-20(24)25)21(23)22(26)27-16-11-15-9-6-10-17(18(15)12-16)14-7-4-3-5-8-14/h3-10,13,16,19,21H,11-12H2,1-2H3. The van der Waals surface area contributed by atoms with Crippen molar-refractivity contribution in [3.63, 3.8) is 0 Å². The number of halogens is 2. The second kappa shape index (κ2) is 6.59. The molecule has 2 aliphatic carbocycles. The van der Waals surface area contributed by atoms with Gasteiger partial charge in [-0.15, -0.1) is 0 Å². The molecule has 4 heteroatoms. The molecule has 2 aromatic carbocycles. The van der Waals surface area contributed by atoms with Crippen molar-refractivity contribution in [3.05, 3.63) is 71.8 Å². The summed E-state index contributed by atoms with van der Waals surface area (Å²) in [5, 5.41) is 0. The van der Waals surface area contributed by atoms with Crippen molar-refractivity contribution in [1.29, 1.82) is 0 Å². The Bertz CT molecular complexity index is 898. The third kappa shape index (κ3) is 3.29. The largest absolute Gasteiger partial charge is 0.461 e. The third-order valence-corrected chi connectivity index (χ3v) is 5.99. The quantitative estimate of drug-likeness (QED) is 0.674. The van der Waals surface area contributed by atoms with Gasteiger partial charge in [-0.05, 0) is 33.7 Å². The minimum atomic E-state index is -1.73. The highest BCUT2D eigenvalue weighted by atomic mass is 19.3. The monoisotopic (exact) mass is 368 g/mol. The predicted molar refractivity (Wildman–Crippen MR) is 100 cm³/mol. The van der Waals surface area contributed by atoms with Gasteiger partial charge in [0.25, 0.3) is 6.08 Å². The van der Waals surface area contributed by atoms with E-state index in [0.29, 0.717) is 12.8 Å². The molecule has 4 rings (SSSR count). The zero-order valence-corrected chi connectivity index (χ0v) is 15.4. The predicted octanol–water partition coefficient (Wildman–Crippen LogP) is 5.42. The van der Waals surface area contributed by atoms with Crippen LogP contribution in [-0.4, -0.2) is 12.1 Å². The number of fused-ring (bicyclic) bond motifs is 1. The fraction of sp³-hybridized carbons (Fsp3) is 0.348. The van der Waals surface area contributed by atoms with E-state index < -0.39 is 23.3 Å². The zero-order chi connectivity index (χ0) is 19.2. The lowest BCUT2D eigenvalue weighted by molar-refractivity contribution is -0.151. The van der Waals surface area contributed by atoms with E-state index in [1.807, 2.05) is 38.1 Å². The van der Waals surface area contributed by atoms with Crippen LogP contribution in [0.15, 0.2) is 60.7 Å². The summed E-state index contributed by atoms with van der Waals surface area (Å²) in [6, 6.07) is 16.3. The van der Waals surface area contributed by atoms with Crippen molar-refractivity contribution < 1.29 is 18.3 Å². The number of carbonyl (C=O) groups excluding carboxylic acids is 1. The van der Waals surface area contributed by atoms with Crippen LogP contribution in [0.5, 0.6) is 0 Å². The van der Waals surface area contributed by atoms with Crippen LogP contribution in [0.3, 0.4) is 0 Å². The van der Waals surface area contributed by atoms with Gasteiger partial charge in [-0.2, -0.15) is 8.78 Å². The Morgan fingerprint density at radius 3 is 2.52 bits per heavy atom. The second-order valence-electron chi connectivity index (χ2n) is 8.06. The maximum Gasteiger partial charge on any atom is 0.310 e. The number of rotatable bonds is 4. The van der Waals surface area contributed by atoms with Gasteiger partial charge in [-0.1, -0.05) is 62.4 Å². The van der Waals surface area contributed by atoms with Crippen LogP contribution < -0.4 is 0 Å². The molecule has 0 N–H and O–H groups in total. The lowest BCUT2D eigenvalue weighted by atomic mass is 9.97. The molecule has 0 aliphatic heterocycles. The van der Waals surface area contributed by atoms with Gasteiger partial charge >= 0.3 is 5.97 Å². The fourth-order valence-corrected chi connectivity index (χ4v) is 4.40. The van der Waals surface area contributed by atoms with Crippen LogP contribution in [0.2, 0.25) is 0 Å². The summed E-state index contributed by atoms with van der Waals surface area (Å²) in [4.78, 5) is 12.6. The molecule has 1 saturated carbocycles. The number of carbonyl (C=O) groups is 1. The Morgan fingerprint density at radius 2 is 1.81 bits per heavy atom. The molecule has 2 aliphatic rings. The van der Waals surface area contributed by atoms with E-state index in [1.165, 1.54) is 16.7 Å². The van der Waals surface area contributed by atoms with Gasteiger partial charge in [0, 0.05) is 18.8 Å². The van der Waals surface area contributed by atoms with Crippen LogP contribution in [0, 0.1) is 17.3 Å². The molecule has 3 atom stereocenters. The van der Waals surface area contributed by atoms with Crippen molar-refractivity contribution in [2.24, 2.45) is 17.3 Å². The first-order valence-electron chi connectivity index (χ1n) is 9.27. The zero-order valence-electron chi connectivity index (χ0n) is 15.4. The molecule has 0 bridgehead atoms. The van der Waals surface area contributed by atoms with E-state index in [2.05, 4.69) is 24.3 Å². The van der Waals surface area contributed by atoms with Crippen molar-refractivity contribution in [2.75, 3.05) is 0 Å². The molecule has 2 aromatic rings. The van der Waals surface area contributed by atoms with Crippen molar-refractivity contribution >= 4 is 5.97 Å². The first-order valence-corrected chi connectivity index (χ1v) is 9.27. The average molecular weight is 368 g/mol. The van der Waals surface area contributed by atoms with E-state index >= 15 is 0 Å². The van der Waals surface area contributed by atoms with Gasteiger partial charge in [-0.25, -0.2) is 0 Å². The second-order valence-corrected chi connectivity index (χ2v) is 8.06. The molecular formula is C23H22F2O2. The Kier molecular flexibility index (Phi) is 4.37. The van der Waals surface area contributed by atoms with Gasteiger partial charge in [0.05, 0.1) is 5.92 Å². The van der Waals surface area contributed by atoms with Crippen LogP contribution in [0.25, 0.3) is 11.1 Å². The minimum Gasteiger partial charge on any atom is -0.461 e. The maximum absolute atomic E-state index is 12.6. The Labute approximate surface area is 157 Å². The molecule has 0 radical (unpaired) electrons. The smallest absolute Gasteiger partial charge is 0.310 e. The van der Waals surface area contributed by atoms with Crippen molar-refractivity contribution in [3.8, 4) is 11.1 Å². The number of benzene rings is 2. The lowest BCUT2D eigenvalue weighted by Gasteiger charge is -2.12. The van der Waals surface area contributed by atoms with Crippen molar-refractivity contribution in [1.82, 2.24) is 0 Å². The average Bonchev–Trinajstić information content (AvgIpc) is 2.97. The molecule has 27 heavy (non-hydrogen) atoms. The van der Waals surface area contributed by atoms with Gasteiger partial charge < -0.3 is 4.74 Å². The van der Waals surface area contributed by atoms with Gasteiger partial charge in [-0.3, -0.25) is 4.79 Å². The molecule has 1 fully saturated rings. The topological polar surface area (TPSA) is 26.3 Å². The molecule has 3 unspecified atom stereocenters. The maximum atomic E-state index is 12.6. The highest BCUT2D eigenvalue weighted by molar-refractivity contribution is 5.79. The minimum absolute atomic E-state index is 0.228. The summed E-state index contributed by atoms with van der Waals surface area (Å²) in [5.74, 6) is -1.29. The highest BCUT2D eigenvalue weighted by Gasteiger charge is 2.62. The summed E-state index contributed by atoms with van der Waals surface area (Å²) < 4.78 is 31.0. The van der Waals surface area contributed by atoms with Gasteiger partial charge in [0.2, 0.25) is 0 Å². The summed E-state index contributed by atoms with van der Waals surface area (Å²) in [6.45, 7) is 3.67. The third-order valence-electron chi connectivity index (χ3n) is 5.99. The molecule has 140 valence electrons. The number of hydrogen-bond acceptors (Lipinski definition) is 2. The number of hydrogen-bond donors (Lipinski definition) is 0. The van der Waals surface area contributed by atoms with E-state index in [9.17, 15) is 13.6 Å². The molecule has 0 heterocycles. The highest BCUT2D eigenvalue weighted by Crippen LogP contribution is 2.60. The molecule has 0 amide bonds. The summed E-state index contributed by atoms with van der Waals surface area (Å²) in [6.07, 6.45) is 0.269. The Balaban J connectivity index is 1.49. The fourth-order valence-electron chi connectivity index (χ4n) is 4.40. The summed E-state index contributed by atoms with van der Waals surface area (Å²) >= 11 is 0. The molecule has 0 saturated heterocycles. The molecule has 0 spiro atoms. The summed E-state index contributed by atoms with van der Waals surface area (Å²) in [7, 11) is 0. The Morgan fingerprint density at radius 1 is 1.07 bits per heavy atom. The SMILES string of the molecule is CC1(C)C(C=C(F)F)C1C(=O)OC1Cc2cccc(-c3ccccc3)c2C1. The first kappa shape index (κ1) is 17.9. The van der Waals surface area contributed by atoms with E-state index in [0.717, 1.165) is 11.6 Å². The van der Waals surface area contributed by atoms with E-state index in [4.69, 9.17) is 4.74 Å². The van der Waals surface area contributed by atoms with Gasteiger partial charge in [0.15, 0.2) is 0 Å². The Hall–Kier alpha value is -2.49. The number of ether oxygens (including phenoxy) is 1. The first-order chi connectivity index (χ1) is 12.9. The van der Waals surface area contributed by atoms with Crippen LogP contribution in [0.1, 0.15) is 25.0 Å². The van der Waals surface area contributed by atoms with Crippen LogP contribution >= 0.6 is 0 Å². The molecular weight excluding hydrogens is 346 g/mol. The normalized spacial score (nSPS) is 24.8. The molecule has 2 nitrogen and oxygen atoms in total. The summed E-state index contributed by atoms with van der Waals surface area (Å²) in [5.41, 5.74) is 4.24.